The van der Waals surface area contributed by atoms with E-state index in [2.05, 4.69) is 9.97 Å². The maximum Gasteiger partial charge on any atom is 0.342 e. The molecule has 0 bridgehead atoms. The van der Waals surface area contributed by atoms with Gasteiger partial charge in [0.2, 0.25) is 10.7 Å². The topological polar surface area (TPSA) is 51.7 Å². The number of benzene rings is 1. The van der Waals surface area contributed by atoms with Crippen molar-refractivity contribution in [3.05, 3.63) is 46.3 Å². The second kappa shape index (κ2) is 2.92. The van der Waals surface area contributed by atoms with Crippen LogP contribution in [0.15, 0.2) is 40.6 Å². The molecule has 0 saturated carbocycles. The number of para-hydroxylation sites is 2. The molecule has 0 N–H and O–H groups in total. The Labute approximate surface area is 98.6 Å². The molecule has 82 valence electrons. The highest BCUT2D eigenvalue weighted by atomic mass is 32.1. The fraction of sp³-hybridized carbons (Fsp3) is 0. The van der Waals surface area contributed by atoms with Crippen molar-refractivity contribution in [3.8, 4) is 0 Å². The van der Waals surface area contributed by atoms with Gasteiger partial charge in [0.1, 0.15) is 0 Å². The van der Waals surface area contributed by atoms with Crippen LogP contribution in [0.25, 0.3) is 21.8 Å². The van der Waals surface area contributed by atoms with E-state index in [0.29, 0.717) is 10.7 Å². The van der Waals surface area contributed by atoms with E-state index in [1.54, 1.807) is 6.20 Å². The van der Waals surface area contributed by atoms with Crippen molar-refractivity contribution >= 4 is 33.1 Å². The molecule has 1 aromatic carbocycles. The summed E-state index contributed by atoms with van der Waals surface area (Å²) in [6.07, 6.45) is 1.73. The SMILES string of the molecule is O=c1n2ccsc2nc2nc3ccccc3n12. The highest BCUT2D eigenvalue weighted by Gasteiger charge is 2.10. The first-order valence-electron chi connectivity index (χ1n) is 5.08. The molecule has 0 saturated heterocycles. The molecule has 0 aliphatic carbocycles. The van der Waals surface area contributed by atoms with Crippen molar-refractivity contribution in [1.29, 1.82) is 0 Å². The van der Waals surface area contributed by atoms with Gasteiger partial charge in [0, 0.05) is 11.6 Å². The van der Waals surface area contributed by atoms with Gasteiger partial charge >= 0.3 is 5.69 Å². The van der Waals surface area contributed by atoms with Crippen LogP contribution in [0.2, 0.25) is 0 Å². The van der Waals surface area contributed by atoms with Crippen LogP contribution in [0.3, 0.4) is 0 Å². The number of hydrogen-bond acceptors (Lipinski definition) is 4. The summed E-state index contributed by atoms with van der Waals surface area (Å²) < 4.78 is 3.07. The van der Waals surface area contributed by atoms with Crippen molar-refractivity contribution in [2.24, 2.45) is 0 Å². The molecule has 0 unspecified atom stereocenters. The van der Waals surface area contributed by atoms with E-state index in [9.17, 15) is 4.79 Å². The zero-order valence-electron chi connectivity index (χ0n) is 8.57. The Bertz CT molecular complexity index is 917. The van der Waals surface area contributed by atoms with Crippen LogP contribution in [0.5, 0.6) is 0 Å². The molecule has 0 aliphatic rings. The molecule has 0 spiro atoms. The van der Waals surface area contributed by atoms with Gasteiger partial charge in [-0.3, -0.25) is 0 Å². The molecule has 0 amide bonds. The summed E-state index contributed by atoms with van der Waals surface area (Å²) in [5.74, 6) is 0.457. The van der Waals surface area contributed by atoms with Gasteiger partial charge in [0.15, 0.2) is 0 Å². The summed E-state index contributed by atoms with van der Waals surface area (Å²) in [7, 11) is 0. The predicted octanol–water partition coefficient (Wildman–Crippen LogP) is 1.56. The third kappa shape index (κ3) is 1.05. The second-order valence-electron chi connectivity index (χ2n) is 3.69. The van der Waals surface area contributed by atoms with Crippen molar-refractivity contribution in [2.45, 2.75) is 0 Å². The Morgan fingerprint density at radius 1 is 1.18 bits per heavy atom. The quantitative estimate of drug-likeness (QED) is 0.470. The average Bonchev–Trinajstić information content (AvgIpc) is 2.92. The van der Waals surface area contributed by atoms with E-state index >= 15 is 0 Å². The summed E-state index contributed by atoms with van der Waals surface area (Å²) in [6, 6.07) is 7.53. The van der Waals surface area contributed by atoms with Crippen LogP contribution >= 0.6 is 11.3 Å². The normalized spacial score (nSPS) is 11.8. The van der Waals surface area contributed by atoms with Crippen molar-refractivity contribution in [1.82, 2.24) is 18.8 Å². The van der Waals surface area contributed by atoms with Gasteiger partial charge in [-0.1, -0.05) is 12.1 Å². The van der Waals surface area contributed by atoms with Crippen LogP contribution in [-0.2, 0) is 0 Å². The predicted molar refractivity (Wildman–Crippen MR) is 65.6 cm³/mol. The maximum atomic E-state index is 12.3. The Balaban J connectivity index is 2.42. The monoisotopic (exact) mass is 242 g/mol. The van der Waals surface area contributed by atoms with E-state index in [-0.39, 0.29) is 5.69 Å². The summed E-state index contributed by atoms with van der Waals surface area (Å²) in [6.45, 7) is 0. The number of aromatic nitrogens is 4. The van der Waals surface area contributed by atoms with Crippen LogP contribution in [-0.4, -0.2) is 18.8 Å². The minimum atomic E-state index is -0.125. The molecule has 5 nitrogen and oxygen atoms in total. The van der Waals surface area contributed by atoms with Gasteiger partial charge in [0.25, 0.3) is 0 Å². The molecule has 4 rings (SSSR count). The molecule has 0 fully saturated rings. The molecule has 0 radical (unpaired) electrons. The van der Waals surface area contributed by atoms with Gasteiger partial charge in [-0.05, 0) is 12.1 Å². The smallest absolute Gasteiger partial charge is 0.247 e. The molecular formula is C11H6N4OS. The Kier molecular flexibility index (Phi) is 1.53. The van der Waals surface area contributed by atoms with E-state index in [1.807, 2.05) is 29.6 Å². The summed E-state index contributed by atoms with van der Waals surface area (Å²) in [4.78, 5) is 21.7. The van der Waals surface area contributed by atoms with E-state index in [4.69, 9.17) is 0 Å². The molecule has 3 aromatic heterocycles. The first-order valence-corrected chi connectivity index (χ1v) is 5.95. The lowest BCUT2D eigenvalue weighted by molar-refractivity contribution is 0.937. The van der Waals surface area contributed by atoms with Gasteiger partial charge in [0.05, 0.1) is 11.0 Å². The van der Waals surface area contributed by atoms with Gasteiger partial charge in [-0.25, -0.2) is 18.6 Å². The van der Waals surface area contributed by atoms with E-state index in [0.717, 1.165) is 11.0 Å². The fourth-order valence-corrected chi connectivity index (χ4v) is 2.66. The Morgan fingerprint density at radius 3 is 3.00 bits per heavy atom. The molecule has 0 aliphatic heterocycles. The maximum absolute atomic E-state index is 12.3. The lowest BCUT2D eigenvalue weighted by atomic mass is 10.3. The van der Waals surface area contributed by atoms with Gasteiger partial charge in [-0.15, -0.1) is 11.3 Å². The average molecular weight is 242 g/mol. The summed E-state index contributed by atoms with van der Waals surface area (Å²) in [5.41, 5.74) is 1.45. The van der Waals surface area contributed by atoms with E-state index in [1.165, 1.54) is 20.1 Å². The molecule has 0 atom stereocenters. The number of nitrogens with zero attached hydrogens (tertiary/aromatic N) is 4. The largest absolute Gasteiger partial charge is 0.342 e. The summed E-state index contributed by atoms with van der Waals surface area (Å²) in [5, 5.41) is 1.84. The Hall–Kier alpha value is -2.21. The fourth-order valence-electron chi connectivity index (χ4n) is 1.97. The highest BCUT2D eigenvalue weighted by molar-refractivity contribution is 7.15. The molecular weight excluding hydrogens is 236 g/mol. The first kappa shape index (κ1) is 8.89. The lowest BCUT2D eigenvalue weighted by Crippen LogP contribution is -2.21. The minimum absolute atomic E-state index is 0.125. The van der Waals surface area contributed by atoms with Crippen molar-refractivity contribution < 1.29 is 0 Å². The lowest BCUT2D eigenvalue weighted by Gasteiger charge is -1.95. The standard InChI is InChI=1S/C11H6N4OS/c16-11-14-5-6-17-10(14)13-9-12-7-3-1-2-4-8(7)15(9)11/h1-6H. The number of hydrogen-bond donors (Lipinski definition) is 0. The Morgan fingerprint density at radius 2 is 2.06 bits per heavy atom. The number of thiazole rings is 1. The van der Waals surface area contributed by atoms with Crippen LogP contribution in [0, 0.1) is 0 Å². The highest BCUT2D eigenvalue weighted by Crippen LogP contribution is 2.14. The molecule has 6 heteroatoms. The third-order valence-corrected chi connectivity index (χ3v) is 3.48. The zero-order chi connectivity index (χ0) is 11.4. The van der Waals surface area contributed by atoms with Crippen molar-refractivity contribution in [2.75, 3.05) is 0 Å². The molecule has 17 heavy (non-hydrogen) atoms. The number of fused-ring (bicyclic) bond motifs is 4. The zero-order valence-corrected chi connectivity index (χ0v) is 9.39. The number of imidazole rings is 1. The number of rotatable bonds is 0. The van der Waals surface area contributed by atoms with Crippen LogP contribution < -0.4 is 5.69 Å². The second-order valence-corrected chi connectivity index (χ2v) is 4.56. The van der Waals surface area contributed by atoms with E-state index < -0.39 is 0 Å². The van der Waals surface area contributed by atoms with Crippen LogP contribution in [0.1, 0.15) is 0 Å². The van der Waals surface area contributed by atoms with Crippen molar-refractivity contribution in [3.63, 3.8) is 0 Å². The molecule has 3 heterocycles. The third-order valence-electron chi connectivity index (χ3n) is 2.73. The van der Waals surface area contributed by atoms with Gasteiger partial charge in [-0.2, -0.15) is 4.98 Å². The summed E-state index contributed by atoms with van der Waals surface area (Å²) >= 11 is 1.42. The molecule has 4 aromatic rings. The minimum Gasteiger partial charge on any atom is -0.247 e. The van der Waals surface area contributed by atoms with Crippen LogP contribution in [0.4, 0.5) is 0 Å². The first-order chi connectivity index (χ1) is 8.34. The van der Waals surface area contributed by atoms with Gasteiger partial charge < -0.3 is 0 Å².